The molecule has 0 aliphatic heterocycles. The van der Waals surface area contributed by atoms with Crippen molar-refractivity contribution in [3.8, 4) is 11.9 Å². The van der Waals surface area contributed by atoms with Crippen LogP contribution in [0.2, 0.25) is 0 Å². The molecule has 3 rings (SSSR count). The first kappa shape index (κ1) is 22.3. The molecule has 0 spiro atoms. The Bertz CT molecular complexity index is 1260. The number of carbonyl (C=O) groups is 1. The van der Waals surface area contributed by atoms with Gasteiger partial charge in [0.25, 0.3) is 5.56 Å². The molecule has 0 saturated carbocycles. The van der Waals surface area contributed by atoms with Gasteiger partial charge in [-0.1, -0.05) is 11.6 Å². The third kappa shape index (κ3) is 4.12. The van der Waals surface area contributed by atoms with Crippen LogP contribution in [0.15, 0.2) is 27.4 Å². The fraction of sp³-hybridized carbons (Fsp3) is 0.375. The maximum atomic E-state index is 13.4. The van der Waals surface area contributed by atoms with Crippen molar-refractivity contribution in [1.82, 2.24) is 4.57 Å². The molecular formula is C24H26N2O5. The number of furan rings is 1. The molecule has 0 bridgehead atoms. The summed E-state index contributed by atoms with van der Waals surface area (Å²) < 4.78 is 12.3. The molecule has 0 aliphatic carbocycles. The van der Waals surface area contributed by atoms with E-state index in [9.17, 15) is 20.0 Å². The van der Waals surface area contributed by atoms with Gasteiger partial charge in [0, 0.05) is 24.1 Å². The van der Waals surface area contributed by atoms with E-state index >= 15 is 0 Å². The summed E-state index contributed by atoms with van der Waals surface area (Å²) in [5.74, 6) is -0.951. The van der Waals surface area contributed by atoms with E-state index in [1.165, 1.54) is 6.92 Å². The zero-order valence-corrected chi connectivity index (χ0v) is 18.4. The quantitative estimate of drug-likeness (QED) is 0.453. The van der Waals surface area contributed by atoms with Crippen LogP contribution in [0.1, 0.15) is 58.6 Å². The summed E-state index contributed by atoms with van der Waals surface area (Å²) in [5, 5.41) is 21.2. The second-order valence-corrected chi connectivity index (χ2v) is 7.93. The van der Waals surface area contributed by atoms with E-state index in [4.69, 9.17) is 9.15 Å². The number of ether oxygens (including phenoxy) is 1. The fourth-order valence-electron chi connectivity index (χ4n) is 3.64. The van der Waals surface area contributed by atoms with Crippen molar-refractivity contribution in [3.63, 3.8) is 0 Å². The van der Waals surface area contributed by atoms with Gasteiger partial charge in [-0.2, -0.15) is 5.26 Å². The molecule has 0 amide bonds. The molecule has 7 heteroatoms. The van der Waals surface area contributed by atoms with Crippen molar-refractivity contribution in [2.45, 2.75) is 53.7 Å². The van der Waals surface area contributed by atoms with Crippen molar-refractivity contribution in [2.75, 3.05) is 6.61 Å². The Labute approximate surface area is 180 Å². The lowest BCUT2D eigenvalue weighted by Crippen LogP contribution is -2.27. The number of hydrogen-bond donors (Lipinski definition) is 1. The zero-order chi connectivity index (χ0) is 22.9. The summed E-state index contributed by atoms with van der Waals surface area (Å²) in [4.78, 5) is 26.1. The van der Waals surface area contributed by atoms with E-state index in [1.54, 1.807) is 13.0 Å². The number of pyridine rings is 1. The molecule has 0 saturated heterocycles. The lowest BCUT2D eigenvalue weighted by Gasteiger charge is -2.15. The van der Waals surface area contributed by atoms with Crippen LogP contribution in [0.3, 0.4) is 0 Å². The van der Waals surface area contributed by atoms with Crippen LogP contribution < -0.4 is 5.56 Å². The fourth-order valence-corrected chi connectivity index (χ4v) is 3.64. The van der Waals surface area contributed by atoms with Gasteiger partial charge < -0.3 is 14.3 Å². The smallest absolute Gasteiger partial charge is 0.271 e. The summed E-state index contributed by atoms with van der Waals surface area (Å²) >= 11 is 0. The van der Waals surface area contributed by atoms with Gasteiger partial charge in [0.05, 0.1) is 11.7 Å². The SMILES string of the molecule is Cc1ccc2oc(C(=O)c3c(C)c(C#N)c(=O)n(CCCOC(C)C)c3O)c(C)c2c1. The molecule has 0 radical (unpaired) electrons. The lowest BCUT2D eigenvalue weighted by molar-refractivity contribution is 0.0743. The molecule has 0 unspecified atom stereocenters. The van der Waals surface area contributed by atoms with Gasteiger partial charge in [-0.3, -0.25) is 14.2 Å². The number of rotatable bonds is 7. The van der Waals surface area contributed by atoms with E-state index in [0.717, 1.165) is 15.5 Å². The van der Waals surface area contributed by atoms with Crippen molar-refractivity contribution in [2.24, 2.45) is 0 Å². The number of fused-ring (bicyclic) bond motifs is 1. The first-order chi connectivity index (χ1) is 14.7. The Morgan fingerprint density at radius 1 is 1.26 bits per heavy atom. The van der Waals surface area contributed by atoms with Crippen LogP contribution in [0.5, 0.6) is 5.88 Å². The van der Waals surface area contributed by atoms with E-state index in [1.807, 2.05) is 39.0 Å². The largest absolute Gasteiger partial charge is 0.494 e. The number of aromatic nitrogens is 1. The van der Waals surface area contributed by atoms with Gasteiger partial charge in [0.15, 0.2) is 5.76 Å². The number of ketones is 1. The summed E-state index contributed by atoms with van der Waals surface area (Å²) in [6.07, 6.45) is 0.478. The molecule has 0 atom stereocenters. The maximum Gasteiger partial charge on any atom is 0.271 e. The Morgan fingerprint density at radius 2 is 1.97 bits per heavy atom. The predicted octanol–water partition coefficient (Wildman–Crippen LogP) is 4.14. The van der Waals surface area contributed by atoms with Crippen molar-refractivity contribution >= 4 is 16.8 Å². The highest BCUT2D eigenvalue weighted by Gasteiger charge is 2.28. The number of nitrogens with zero attached hydrogens (tertiary/aromatic N) is 2. The summed E-state index contributed by atoms with van der Waals surface area (Å²) in [6, 6.07) is 7.47. The van der Waals surface area contributed by atoms with E-state index in [0.29, 0.717) is 24.2 Å². The van der Waals surface area contributed by atoms with Crippen LogP contribution in [0, 0.1) is 32.1 Å². The highest BCUT2D eigenvalue weighted by molar-refractivity contribution is 6.12. The average Bonchev–Trinajstić information content (AvgIpc) is 3.03. The Morgan fingerprint density at radius 3 is 2.61 bits per heavy atom. The minimum absolute atomic E-state index is 0.0369. The van der Waals surface area contributed by atoms with Gasteiger partial charge >= 0.3 is 0 Å². The van der Waals surface area contributed by atoms with Crippen molar-refractivity contribution < 1.29 is 19.1 Å². The molecule has 1 aromatic carbocycles. The number of aromatic hydroxyl groups is 1. The molecular weight excluding hydrogens is 396 g/mol. The third-order valence-corrected chi connectivity index (χ3v) is 5.30. The van der Waals surface area contributed by atoms with Gasteiger partial charge in [-0.25, -0.2) is 0 Å². The van der Waals surface area contributed by atoms with Crippen LogP contribution in [-0.4, -0.2) is 28.2 Å². The number of benzene rings is 1. The van der Waals surface area contributed by atoms with Crippen LogP contribution >= 0.6 is 0 Å². The van der Waals surface area contributed by atoms with Crippen molar-refractivity contribution in [1.29, 1.82) is 5.26 Å². The molecule has 162 valence electrons. The molecule has 0 aliphatic rings. The first-order valence-corrected chi connectivity index (χ1v) is 10.2. The second kappa shape index (κ2) is 8.78. The van der Waals surface area contributed by atoms with Gasteiger partial charge in [-0.05, 0) is 58.7 Å². The van der Waals surface area contributed by atoms with Crippen LogP contribution in [0.4, 0.5) is 0 Å². The monoisotopic (exact) mass is 422 g/mol. The summed E-state index contributed by atoms with van der Waals surface area (Å²) in [5.41, 5.74) is 1.47. The average molecular weight is 422 g/mol. The molecule has 2 aromatic heterocycles. The van der Waals surface area contributed by atoms with E-state index in [2.05, 4.69) is 0 Å². The Kier molecular flexibility index (Phi) is 6.32. The molecule has 31 heavy (non-hydrogen) atoms. The molecule has 3 aromatic rings. The number of aryl methyl sites for hydroxylation is 2. The van der Waals surface area contributed by atoms with Crippen LogP contribution in [-0.2, 0) is 11.3 Å². The Hall–Kier alpha value is -3.37. The minimum Gasteiger partial charge on any atom is -0.494 e. The predicted molar refractivity (Wildman–Crippen MR) is 117 cm³/mol. The van der Waals surface area contributed by atoms with E-state index < -0.39 is 17.2 Å². The van der Waals surface area contributed by atoms with E-state index in [-0.39, 0.29) is 35.1 Å². The highest BCUT2D eigenvalue weighted by atomic mass is 16.5. The lowest BCUT2D eigenvalue weighted by atomic mass is 9.98. The standard InChI is InChI=1S/C24H26N2O5/c1-13(2)30-10-6-9-26-23(28)18(12-25)15(4)20(24(26)29)21(27)22-16(5)17-11-14(3)7-8-19(17)31-22/h7-8,11,13,29H,6,9-10H2,1-5H3. The topological polar surface area (TPSA) is 105 Å². The zero-order valence-electron chi connectivity index (χ0n) is 18.4. The molecule has 2 heterocycles. The van der Waals surface area contributed by atoms with Crippen molar-refractivity contribution in [3.05, 3.63) is 62.1 Å². The number of hydrogen-bond acceptors (Lipinski definition) is 6. The molecule has 1 N–H and O–H groups in total. The maximum absolute atomic E-state index is 13.4. The Balaban J connectivity index is 2.11. The third-order valence-electron chi connectivity index (χ3n) is 5.30. The number of carbonyl (C=O) groups excluding carboxylic acids is 1. The first-order valence-electron chi connectivity index (χ1n) is 10.2. The number of nitriles is 1. The summed E-state index contributed by atoms with van der Waals surface area (Å²) in [7, 11) is 0. The second-order valence-electron chi connectivity index (χ2n) is 7.93. The van der Waals surface area contributed by atoms with Crippen LogP contribution in [0.25, 0.3) is 11.0 Å². The van der Waals surface area contributed by atoms with Gasteiger partial charge in [0.1, 0.15) is 17.2 Å². The van der Waals surface area contributed by atoms with Gasteiger partial charge in [-0.15, -0.1) is 0 Å². The minimum atomic E-state index is -0.629. The molecule has 7 nitrogen and oxygen atoms in total. The molecule has 0 fully saturated rings. The normalized spacial score (nSPS) is 11.3. The summed E-state index contributed by atoms with van der Waals surface area (Å²) in [6.45, 7) is 9.50. The van der Waals surface area contributed by atoms with Gasteiger partial charge in [0.2, 0.25) is 11.7 Å². The highest BCUT2D eigenvalue weighted by Crippen LogP contribution is 2.31.